The Bertz CT molecular complexity index is 594. The normalized spacial score (nSPS) is 10.4. The minimum Gasteiger partial charge on any atom is -0.389 e. The predicted molar refractivity (Wildman–Crippen MR) is 77.7 cm³/mol. The average Bonchev–Trinajstić information content (AvgIpc) is 2.75. The molecule has 19 heavy (non-hydrogen) atoms. The summed E-state index contributed by atoms with van der Waals surface area (Å²) in [6.45, 7) is 0.651. The van der Waals surface area contributed by atoms with Crippen molar-refractivity contribution in [3.63, 3.8) is 0 Å². The topological polar surface area (TPSA) is 55.9 Å². The van der Waals surface area contributed by atoms with Gasteiger partial charge in [-0.15, -0.1) is 0 Å². The summed E-state index contributed by atoms with van der Waals surface area (Å²) in [5, 5.41) is 7.24. The fourth-order valence-corrected chi connectivity index (χ4v) is 2.10. The lowest BCUT2D eigenvalue weighted by molar-refractivity contribution is 0.626. The summed E-state index contributed by atoms with van der Waals surface area (Å²) in [4.78, 5) is 0.0566. The first kappa shape index (κ1) is 13.5. The monoisotopic (exact) mass is 278 g/mol. The van der Waals surface area contributed by atoms with Crippen LogP contribution in [0, 0.1) is 5.82 Å². The minimum atomic E-state index is -0.405. The van der Waals surface area contributed by atoms with Crippen molar-refractivity contribution in [2.75, 3.05) is 11.9 Å². The number of anilines is 1. The number of halogens is 1. The van der Waals surface area contributed by atoms with Crippen LogP contribution in [0.3, 0.4) is 0 Å². The van der Waals surface area contributed by atoms with Gasteiger partial charge >= 0.3 is 0 Å². The van der Waals surface area contributed by atoms with Crippen LogP contribution in [0.2, 0.25) is 0 Å². The maximum atomic E-state index is 13.6. The molecule has 0 saturated carbocycles. The van der Waals surface area contributed by atoms with E-state index in [4.69, 9.17) is 18.0 Å². The van der Waals surface area contributed by atoms with Crippen LogP contribution >= 0.6 is 12.2 Å². The third-order valence-electron chi connectivity index (χ3n) is 2.88. The zero-order chi connectivity index (χ0) is 13.8. The molecule has 0 aliphatic rings. The molecule has 2 aromatic rings. The van der Waals surface area contributed by atoms with E-state index in [1.807, 2.05) is 17.8 Å². The van der Waals surface area contributed by atoms with Crippen LogP contribution < -0.4 is 11.1 Å². The Hall–Kier alpha value is -1.95. The highest BCUT2D eigenvalue weighted by Crippen LogP contribution is 2.18. The molecule has 0 amide bonds. The van der Waals surface area contributed by atoms with E-state index in [0.29, 0.717) is 12.2 Å². The predicted octanol–water partition coefficient (Wildman–Crippen LogP) is 1.85. The average molecular weight is 278 g/mol. The second-order valence-corrected chi connectivity index (χ2v) is 4.59. The van der Waals surface area contributed by atoms with Crippen molar-refractivity contribution in [3.8, 4) is 0 Å². The molecule has 2 rings (SSSR count). The highest BCUT2D eigenvalue weighted by atomic mass is 32.1. The van der Waals surface area contributed by atoms with Crippen LogP contribution in [0.4, 0.5) is 10.1 Å². The molecule has 1 heterocycles. The van der Waals surface area contributed by atoms with E-state index in [1.165, 1.54) is 6.07 Å². The van der Waals surface area contributed by atoms with Crippen LogP contribution in [0.15, 0.2) is 30.5 Å². The highest BCUT2D eigenvalue weighted by molar-refractivity contribution is 7.80. The molecule has 1 aromatic carbocycles. The van der Waals surface area contributed by atoms with Gasteiger partial charge < -0.3 is 11.1 Å². The van der Waals surface area contributed by atoms with E-state index < -0.39 is 5.82 Å². The zero-order valence-corrected chi connectivity index (χ0v) is 11.4. The van der Waals surface area contributed by atoms with Crippen LogP contribution in [-0.4, -0.2) is 21.3 Å². The van der Waals surface area contributed by atoms with Gasteiger partial charge in [0.2, 0.25) is 0 Å². The molecule has 0 fully saturated rings. The molecule has 0 aliphatic heterocycles. The number of rotatable bonds is 5. The number of hydrogen-bond acceptors (Lipinski definition) is 3. The lowest BCUT2D eigenvalue weighted by atomic mass is 10.1. The number of benzene rings is 1. The molecule has 0 bridgehead atoms. The number of aryl methyl sites for hydroxylation is 1. The minimum absolute atomic E-state index is 0.0566. The Morgan fingerprint density at radius 2 is 2.26 bits per heavy atom. The van der Waals surface area contributed by atoms with Crippen molar-refractivity contribution in [1.29, 1.82) is 0 Å². The van der Waals surface area contributed by atoms with Crippen LogP contribution in [0.5, 0.6) is 0 Å². The molecule has 3 N–H and O–H groups in total. The first-order chi connectivity index (χ1) is 9.09. The second-order valence-electron chi connectivity index (χ2n) is 4.15. The molecule has 0 aliphatic carbocycles. The molecule has 0 saturated heterocycles. The van der Waals surface area contributed by atoms with Gasteiger partial charge in [-0.1, -0.05) is 18.3 Å². The van der Waals surface area contributed by atoms with Crippen molar-refractivity contribution >= 4 is 22.9 Å². The lowest BCUT2D eigenvalue weighted by Crippen LogP contribution is -2.17. The summed E-state index contributed by atoms with van der Waals surface area (Å²) in [6.07, 6.45) is 2.53. The first-order valence-corrected chi connectivity index (χ1v) is 6.29. The number of aromatic nitrogens is 2. The fourth-order valence-electron chi connectivity index (χ4n) is 1.89. The van der Waals surface area contributed by atoms with Gasteiger partial charge in [0.05, 0.1) is 5.56 Å². The maximum absolute atomic E-state index is 13.6. The van der Waals surface area contributed by atoms with Crippen LogP contribution in [0.1, 0.15) is 11.3 Å². The fraction of sp³-hybridized carbons (Fsp3) is 0.231. The van der Waals surface area contributed by atoms with Gasteiger partial charge in [0.15, 0.2) is 0 Å². The van der Waals surface area contributed by atoms with Gasteiger partial charge in [0.25, 0.3) is 0 Å². The number of hydrogen-bond donors (Lipinski definition) is 2. The highest BCUT2D eigenvalue weighted by Gasteiger charge is 2.10. The maximum Gasteiger partial charge on any atom is 0.135 e. The second kappa shape index (κ2) is 5.79. The molecule has 100 valence electrons. The Morgan fingerprint density at radius 1 is 1.47 bits per heavy atom. The van der Waals surface area contributed by atoms with Crippen molar-refractivity contribution in [2.45, 2.75) is 6.42 Å². The van der Waals surface area contributed by atoms with Crippen molar-refractivity contribution < 1.29 is 4.39 Å². The first-order valence-electron chi connectivity index (χ1n) is 5.88. The molecule has 1 aromatic heterocycles. The number of thiocarbonyl (C=S) groups is 1. The Morgan fingerprint density at radius 3 is 2.89 bits per heavy atom. The molecular weight excluding hydrogens is 263 g/mol. The van der Waals surface area contributed by atoms with Gasteiger partial charge in [0.1, 0.15) is 10.8 Å². The number of nitrogens with one attached hydrogen (secondary N) is 1. The number of nitrogens with zero attached hydrogens (tertiary/aromatic N) is 2. The van der Waals surface area contributed by atoms with E-state index in [-0.39, 0.29) is 10.6 Å². The van der Waals surface area contributed by atoms with Gasteiger partial charge in [-0.2, -0.15) is 5.10 Å². The van der Waals surface area contributed by atoms with Crippen LogP contribution in [-0.2, 0) is 13.5 Å². The summed E-state index contributed by atoms with van der Waals surface area (Å²) in [7, 11) is 1.89. The van der Waals surface area contributed by atoms with Gasteiger partial charge in [-0.3, -0.25) is 4.68 Å². The summed E-state index contributed by atoms with van der Waals surface area (Å²) in [6, 6.07) is 6.69. The SMILES string of the molecule is Cn1nccc1CCNc1cccc(F)c1C(N)=S. The quantitative estimate of drug-likeness (QED) is 0.820. The Balaban J connectivity index is 2.06. The summed E-state index contributed by atoms with van der Waals surface area (Å²) in [5.41, 5.74) is 7.53. The van der Waals surface area contributed by atoms with Crippen molar-refractivity contribution in [2.24, 2.45) is 12.8 Å². The molecule has 0 radical (unpaired) electrons. The van der Waals surface area contributed by atoms with Gasteiger partial charge in [-0.05, 0) is 18.2 Å². The molecule has 6 heteroatoms. The zero-order valence-electron chi connectivity index (χ0n) is 10.6. The van der Waals surface area contributed by atoms with Crippen molar-refractivity contribution in [3.05, 3.63) is 47.5 Å². The molecule has 0 unspecified atom stereocenters. The largest absolute Gasteiger partial charge is 0.389 e. The summed E-state index contributed by atoms with van der Waals surface area (Å²) in [5.74, 6) is -0.405. The smallest absolute Gasteiger partial charge is 0.135 e. The van der Waals surface area contributed by atoms with E-state index in [9.17, 15) is 4.39 Å². The Kier molecular flexibility index (Phi) is 4.11. The molecular formula is C13H15FN4S. The Labute approximate surface area is 116 Å². The molecule has 0 spiro atoms. The molecule has 0 atom stereocenters. The van der Waals surface area contributed by atoms with E-state index in [0.717, 1.165) is 12.1 Å². The molecule has 4 nitrogen and oxygen atoms in total. The lowest BCUT2D eigenvalue weighted by Gasteiger charge is -2.11. The third kappa shape index (κ3) is 3.08. The van der Waals surface area contributed by atoms with Crippen LogP contribution in [0.25, 0.3) is 0 Å². The van der Waals surface area contributed by atoms with Gasteiger partial charge in [0, 0.05) is 37.6 Å². The van der Waals surface area contributed by atoms with E-state index in [1.54, 1.807) is 18.3 Å². The number of nitrogens with two attached hydrogens (primary N) is 1. The van der Waals surface area contributed by atoms with E-state index >= 15 is 0 Å². The van der Waals surface area contributed by atoms with Gasteiger partial charge in [-0.25, -0.2) is 4.39 Å². The van der Waals surface area contributed by atoms with E-state index in [2.05, 4.69) is 10.4 Å². The van der Waals surface area contributed by atoms with Crippen molar-refractivity contribution in [1.82, 2.24) is 9.78 Å². The summed E-state index contributed by atoms with van der Waals surface area (Å²) >= 11 is 4.87. The third-order valence-corrected chi connectivity index (χ3v) is 3.08. The standard InChI is InChI=1S/C13H15FN4S/c1-18-9(6-8-17-18)5-7-16-11-4-2-3-10(14)12(11)13(15)19/h2-4,6,8,16H,5,7H2,1H3,(H2,15,19). The summed E-state index contributed by atoms with van der Waals surface area (Å²) < 4.78 is 15.5.